The number of anilines is 3. The molecule has 3 aromatic heterocycles. The minimum atomic E-state index is 0.654. The van der Waals surface area contributed by atoms with Crippen LogP contribution in [0.15, 0.2) is 167 Å². The van der Waals surface area contributed by atoms with Crippen LogP contribution in [-0.4, -0.2) is 4.98 Å². The number of pyridine rings is 1. The SMILES string of the molecule is c1ccc(-c2cccc(N(c3ccc4c(c3)oc3ccccc34)c3ccc4ccc5ccc6c7cccnc7oc6c5c4c3)c2)cc1. The van der Waals surface area contributed by atoms with Gasteiger partial charge in [0.05, 0.1) is 0 Å². The molecule has 4 nitrogen and oxygen atoms in total. The number of benzene rings is 7. The van der Waals surface area contributed by atoms with Crippen molar-refractivity contribution in [1.29, 1.82) is 0 Å². The monoisotopic (exact) mass is 602 g/mol. The minimum Gasteiger partial charge on any atom is -0.456 e. The van der Waals surface area contributed by atoms with Crippen molar-refractivity contribution in [3.8, 4) is 11.1 Å². The highest BCUT2D eigenvalue weighted by atomic mass is 16.3. The van der Waals surface area contributed by atoms with Gasteiger partial charge in [-0.25, -0.2) is 4.98 Å². The lowest BCUT2D eigenvalue weighted by molar-refractivity contribution is 0.658. The van der Waals surface area contributed by atoms with Crippen molar-refractivity contribution in [3.63, 3.8) is 0 Å². The largest absolute Gasteiger partial charge is 0.456 e. The highest BCUT2D eigenvalue weighted by molar-refractivity contribution is 6.23. The maximum Gasteiger partial charge on any atom is 0.227 e. The van der Waals surface area contributed by atoms with Crippen LogP contribution < -0.4 is 4.90 Å². The van der Waals surface area contributed by atoms with Gasteiger partial charge in [-0.2, -0.15) is 0 Å². The average Bonchev–Trinajstić information content (AvgIpc) is 3.70. The molecule has 0 saturated carbocycles. The smallest absolute Gasteiger partial charge is 0.227 e. The van der Waals surface area contributed by atoms with Gasteiger partial charge in [-0.3, -0.25) is 0 Å². The van der Waals surface area contributed by atoms with Crippen LogP contribution in [0.5, 0.6) is 0 Å². The first-order valence-corrected chi connectivity index (χ1v) is 15.8. The van der Waals surface area contributed by atoms with E-state index in [1.807, 2.05) is 18.2 Å². The number of hydrogen-bond donors (Lipinski definition) is 0. The molecule has 7 aromatic carbocycles. The Morgan fingerprint density at radius 2 is 1.13 bits per heavy atom. The van der Waals surface area contributed by atoms with Crippen molar-refractivity contribution in [2.75, 3.05) is 4.90 Å². The van der Waals surface area contributed by atoms with Gasteiger partial charge < -0.3 is 13.7 Å². The zero-order chi connectivity index (χ0) is 30.9. The number of furan rings is 2. The lowest BCUT2D eigenvalue weighted by Gasteiger charge is -2.26. The third-order valence-corrected chi connectivity index (χ3v) is 9.29. The van der Waals surface area contributed by atoms with Crippen molar-refractivity contribution < 1.29 is 8.83 Å². The molecule has 0 aliphatic rings. The molecule has 47 heavy (non-hydrogen) atoms. The predicted molar refractivity (Wildman–Crippen MR) is 194 cm³/mol. The fourth-order valence-corrected chi connectivity index (χ4v) is 7.09. The Morgan fingerprint density at radius 1 is 0.426 bits per heavy atom. The molecular formula is C43H26N2O2. The molecule has 10 aromatic rings. The summed E-state index contributed by atoms with van der Waals surface area (Å²) < 4.78 is 12.8. The molecular weight excluding hydrogens is 576 g/mol. The third-order valence-electron chi connectivity index (χ3n) is 9.29. The summed E-state index contributed by atoms with van der Waals surface area (Å²) in [6, 6.07) is 53.4. The Kier molecular flexibility index (Phi) is 5.54. The molecule has 220 valence electrons. The van der Waals surface area contributed by atoms with Crippen molar-refractivity contribution in [2.24, 2.45) is 0 Å². The van der Waals surface area contributed by atoms with Crippen LogP contribution in [0.4, 0.5) is 17.1 Å². The summed E-state index contributed by atoms with van der Waals surface area (Å²) in [6.07, 6.45) is 1.78. The van der Waals surface area contributed by atoms with E-state index in [-0.39, 0.29) is 0 Å². The Labute approximate surface area is 269 Å². The molecule has 0 atom stereocenters. The van der Waals surface area contributed by atoms with Crippen molar-refractivity contribution in [3.05, 3.63) is 158 Å². The minimum absolute atomic E-state index is 0.654. The van der Waals surface area contributed by atoms with E-state index in [1.165, 1.54) is 5.56 Å². The van der Waals surface area contributed by atoms with E-state index in [4.69, 9.17) is 8.83 Å². The van der Waals surface area contributed by atoms with E-state index >= 15 is 0 Å². The summed E-state index contributed by atoms with van der Waals surface area (Å²) in [4.78, 5) is 6.84. The topological polar surface area (TPSA) is 42.4 Å². The van der Waals surface area contributed by atoms with Crippen molar-refractivity contribution in [1.82, 2.24) is 4.98 Å². The second-order valence-corrected chi connectivity index (χ2v) is 12.0. The van der Waals surface area contributed by atoms with Crippen LogP contribution in [0.25, 0.3) is 76.7 Å². The maximum atomic E-state index is 6.45. The number of fused-ring (bicyclic) bond motifs is 10. The third kappa shape index (κ3) is 4.05. The Balaban J connectivity index is 1.24. The molecule has 0 bridgehead atoms. The Hall–Kier alpha value is -6.39. The van der Waals surface area contributed by atoms with Crippen molar-refractivity contribution >= 4 is 82.6 Å². The summed E-state index contributed by atoms with van der Waals surface area (Å²) >= 11 is 0. The van der Waals surface area contributed by atoms with Gasteiger partial charge in [0.15, 0.2) is 0 Å². The number of nitrogens with zero attached hydrogens (tertiary/aromatic N) is 2. The van der Waals surface area contributed by atoms with Gasteiger partial charge in [0.1, 0.15) is 16.7 Å². The van der Waals surface area contributed by atoms with E-state index in [9.17, 15) is 0 Å². The first kappa shape index (κ1) is 25.9. The molecule has 0 radical (unpaired) electrons. The normalized spacial score (nSPS) is 11.8. The predicted octanol–water partition coefficient (Wildman–Crippen LogP) is 12.3. The van der Waals surface area contributed by atoms with E-state index in [2.05, 4.69) is 143 Å². The zero-order valence-corrected chi connectivity index (χ0v) is 25.2. The Bertz CT molecular complexity index is 2810. The maximum absolute atomic E-state index is 6.45. The summed E-state index contributed by atoms with van der Waals surface area (Å²) in [5, 5.41) is 8.80. The summed E-state index contributed by atoms with van der Waals surface area (Å²) in [7, 11) is 0. The fourth-order valence-electron chi connectivity index (χ4n) is 7.09. The molecule has 0 N–H and O–H groups in total. The number of hydrogen-bond acceptors (Lipinski definition) is 4. The molecule has 0 fully saturated rings. The van der Waals surface area contributed by atoms with E-state index in [1.54, 1.807) is 6.20 Å². The van der Waals surface area contributed by atoms with Gasteiger partial charge in [0.2, 0.25) is 5.71 Å². The molecule has 0 spiro atoms. The molecule has 3 heterocycles. The number of para-hydroxylation sites is 1. The molecule has 0 saturated heterocycles. The molecule has 10 rings (SSSR count). The molecule has 4 heteroatoms. The van der Waals surface area contributed by atoms with Crippen molar-refractivity contribution in [2.45, 2.75) is 0 Å². The lowest BCUT2D eigenvalue weighted by Crippen LogP contribution is -2.10. The summed E-state index contributed by atoms with van der Waals surface area (Å²) in [5.41, 5.74) is 8.69. The van der Waals surface area contributed by atoms with Crippen LogP contribution >= 0.6 is 0 Å². The standard InChI is InChI=1S/C43H26N2O2/c1-2-8-27(9-3-1)30-10-6-11-31(24-30)45(33-20-22-35-34-12-4-5-14-39(34)46-40(35)26-33)32-19-17-28-15-16-29-18-21-36-37-13-7-23-44-43(37)47-42(36)41(29)38(28)25-32/h1-26H. The second kappa shape index (κ2) is 10.1. The van der Waals surface area contributed by atoms with Gasteiger partial charge in [0, 0.05) is 56.3 Å². The van der Waals surface area contributed by atoms with Crippen LogP contribution in [0, 0.1) is 0 Å². The van der Waals surface area contributed by atoms with Crippen LogP contribution in [0.1, 0.15) is 0 Å². The first-order valence-electron chi connectivity index (χ1n) is 15.8. The number of aromatic nitrogens is 1. The van der Waals surface area contributed by atoms with Crippen LogP contribution in [0.2, 0.25) is 0 Å². The summed E-state index contributed by atoms with van der Waals surface area (Å²) in [5.74, 6) is 0. The van der Waals surface area contributed by atoms with Crippen LogP contribution in [-0.2, 0) is 0 Å². The van der Waals surface area contributed by atoms with Gasteiger partial charge in [-0.1, -0.05) is 84.9 Å². The molecule has 0 amide bonds. The van der Waals surface area contributed by atoms with Gasteiger partial charge in [-0.05, 0) is 87.9 Å². The molecule has 0 aliphatic heterocycles. The average molecular weight is 603 g/mol. The lowest BCUT2D eigenvalue weighted by atomic mass is 9.98. The number of rotatable bonds is 4. The van der Waals surface area contributed by atoms with Gasteiger partial charge >= 0.3 is 0 Å². The fraction of sp³-hybridized carbons (Fsp3) is 0. The quantitative estimate of drug-likeness (QED) is 0.188. The molecule has 0 unspecified atom stereocenters. The zero-order valence-electron chi connectivity index (χ0n) is 25.2. The molecule has 0 aliphatic carbocycles. The highest BCUT2D eigenvalue weighted by Crippen LogP contribution is 2.43. The van der Waals surface area contributed by atoms with Crippen LogP contribution in [0.3, 0.4) is 0 Å². The van der Waals surface area contributed by atoms with Gasteiger partial charge in [-0.15, -0.1) is 0 Å². The second-order valence-electron chi connectivity index (χ2n) is 12.0. The Morgan fingerprint density at radius 3 is 2.09 bits per heavy atom. The van der Waals surface area contributed by atoms with E-state index in [0.29, 0.717) is 5.71 Å². The summed E-state index contributed by atoms with van der Waals surface area (Å²) in [6.45, 7) is 0. The first-order chi connectivity index (χ1) is 23.3. The highest BCUT2D eigenvalue weighted by Gasteiger charge is 2.19. The van der Waals surface area contributed by atoms with E-state index < -0.39 is 0 Å². The van der Waals surface area contributed by atoms with Gasteiger partial charge in [0.25, 0.3) is 0 Å². The van der Waals surface area contributed by atoms with E-state index in [0.717, 1.165) is 82.5 Å².